The predicted molar refractivity (Wildman–Crippen MR) is 45.8 cm³/mol. The minimum atomic E-state index is -1.22. The molecule has 0 aliphatic carbocycles. The number of aliphatic carboxylic acids is 1. The van der Waals surface area contributed by atoms with E-state index >= 15 is 0 Å². The molecule has 0 aromatic heterocycles. The molecule has 0 aromatic carbocycles. The van der Waals surface area contributed by atoms with Crippen molar-refractivity contribution in [2.45, 2.75) is 40.1 Å². The molecule has 4 heteroatoms. The summed E-state index contributed by atoms with van der Waals surface area (Å²) in [5.74, 6) is -0.815. The number of hydrogen-bond donors (Lipinski definition) is 0. The molecule has 0 aliphatic rings. The van der Waals surface area contributed by atoms with Crippen LogP contribution in [0.4, 0.5) is 0 Å². The highest BCUT2D eigenvalue weighted by Gasteiger charge is 2.09. The van der Waals surface area contributed by atoms with Gasteiger partial charge in [0.25, 0.3) is 0 Å². The predicted octanol–water partition coefficient (Wildman–Crippen LogP) is 0.160. The molecule has 2 unspecified atom stereocenters. The molecule has 0 heterocycles. The van der Waals surface area contributed by atoms with Crippen molar-refractivity contribution in [1.29, 1.82) is 0 Å². The summed E-state index contributed by atoms with van der Waals surface area (Å²) in [7, 11) is 0. The molecular formula is C9H17O4-. The maximum Gasteiger partial charge on any atom is 0.155 e. The second kappa shape index (κ2) is 5.94. The van der Waals surface area contributed by atoms with Gasteiger partial charge in [0, 0.05) is 0 Å². The van der Waals surface area contributed by atoms with Gasteiger partial charge in [-0.2, -0.15) is 0 Å². The molecule has 0 aliphatic heterocycles. The SMILES string of the molecule is CC(C)COC(C)OC(C)C(=O)[O-]. The van der Waals surface area contributed by atoms with Crippen molar-refractivity contribution >= 4 is 5.97 Å². The van der Waals surface area contributed by atoms with E-state index in [1.54, 1.807) is 6.92 Å². The van der Waals surface area contributed by atoms with Gasteiger partial charge in [0.15, 0.2) is 6.29 Å². The van der Waals surface area contributed by atoms with Crippen LogP contribution in [-0.2, 0) is 14.3 Å². The first kappa shape index (κ1) is 12.4. The van der Waals surface area contributed by atoms with Gasteiger partial charge in [0.2, 0.25) is 0 Å². The molecule has 78 valence electrons. The van der Waals surface area contributed by atoms with E-state index in [-0.39, 0.29) is 0 Å². The lowest BCUT2D eigenvalue weighted by Gasteiger charge is -2.20. The van der Waals surface area contributed by atoms with E-state index in [0.29, 0.717) is 12.5 Å². The molecule has 0 rings (SSSR count). The van der Waals surface area contributed by atoms with Gasteiger partial charge in [-0.25, -0.2) is 0 Å². The zero-order valence-electron chi connectivity index (χ0n) is 8.57. The van der Waals surface area contributed by atoms with E-state index in [1.165, 1.54) is 6.92 Å². The fraction of sp³-hybridized carbons (Fsp3) is 0.889. The van der Waals surface area contributed by atoms with Gasteiger partial charge < -0.3 is 19.4 Å². The van der Waals surface area contributed by atoms with Gasteiger partial charge in [-0.3, -0.25) is 0 Å². The van der Waals surface area contributed by atoms with Crippen LogP contribution in [0.5, 0.6) is 0 Å². The summed E-state index contributed by atoms with van der Waals surface area (Å²) in [5.41, 5.74) is 0. The van der Waals surface area contributed by atoms with Crippen molar-refractivity contribution in [2.24, 2.45) is 5.92 Å². The molecule has 0 fully saturated rings. The van der Waals surface area contributed by atoms with E-state index in [1.807, 2.05) is 13.8 Å². The Morgan fingerprint density at radius 3 is 2.23 bits per heavy atom. The second-order valence-electron chi connectivity index (χ2n) is 3.39. The lowest BCUT2D eigenvalue weighted by atomic mass is 10.2. The number of carbonyl (C=O) groups is 1. The Bertz CT molecular complexity index is 156. The third-order valence-electron chi connectivity index (χ3n) is 1.39. The molecule has 13 heavy (non-hydrogen) atoms. The molecule has 0 saturated heterocycles. The van der Waals surface area contributed by atoms with Gasteiger partial charge >= 0.3 is 0 Å². The first-order chi connectivity index (χ1) is 5.93. The maximum absolute atomic E-state index is 10.3. The van der Waals surface area contributed by atoms with E-state index in [9.17, 15) is 9.90 Å². The summed E-state index contributed by atoms with van der Waals surface area (Å²) in [6.45, 7) is 7.66. The average molecular weight is 189 g/mol. The third-order valence-corrected chi connectivity index (χ3v) is 1.39. The smallest absolute Gasteiger partial charge is 0.155 e. The van der Waals surface area contributed by atoms with Crippen molar-refractivity contribution < 1.29 is 19.4 Å². The fourth-order valence-electron chi connectivity index (χ4n) is 0.710. The Labute approximate surface area is 78.8 Å². The Hall–Kier alpha value is -0.610. The highest BCUT2D eigenvalue weighted by Crippen LogP contribution is 2.02. The Morgan fingerprint density at radius 2 is 1.85 bits per heavy atom. The van der Waals surface area contributed by atoms with Crippen LogP contribution in [-0.4, -0.2) is 25.0 Å². The van der Waals surface area contributed by atoms with E-state index in [2.05, 4.69) is 0 Å². The number of carboxylic acids is 1. The Morgan fingerprint density at radius 1 is 1.31 bits per heavy atom. The molecule has 4 nitrogen and oxygen atoms in total. The first-order valence-corrected chi connectivity index (χ1v) is 4.41. The summed E-state index contributed by atoms with van der Waals surface area (Å²) in [6, 6.07) is 0. The molecule has 2 atom stereocenters. The summed E-state index contributed by atoms with van der Waals surface area (Å²) in [5, 5.41) is 10.3. The number of carbonyl (C=O) groups excluding carboxylic acids is 1. The zero-order chi connectivity index (χ0) is 10.4. The van der Waals surface area contributed by atoms with Crippen molar-refractivity contribution in [2.75, 3.05) is 6.61 Å². The number of hydrogen-bond acceptors (Lipinski definition) is 4. The monoisotopic (exact) mass is 189 g/mol. The highest BCUT2D eigenvalue weighted by atomic mass is 16.7. The number of ether oxygens (including phenoxy) is 2. The minimum Gasteiger partial charge on any atom is -0.547 e. The minimum absolute atomic E-state index is 0.407. The largest absolute Gasteiger partial charge is 0.547 e. The molecule has 0 bridgehead atoms. The van der Waals surface area contributed by atoms with Crippen LogP contribution in [0, 0.1) is 5.92 Å². The summed E-state index contributed by atoms with van der Waals surface area (Å²) < 4.78 is 10.2. The van der Waals surface area contributed by atoms with Gasteiger partial charge in [0.05, 0.1) is 18.7 Å². The van der Waals surface area contributed by atoms with Crippen LogP contribution < -0.4 is 5.11 Å². The highest BCUT2D eigenvalue weighted by molar-refractivity contribution is 5.69. The van der Waals surface area contributed by atoms with Crippen molar-refractivity contribution in [1.82, 2.24) is 0 Å². The first-order valence-electron chi connectivity index (χ1n) is 4.41. The Kier molecular flexibility index (Phi) is 5.66. The normalized spacial score (nSPS) is 15.8. The van der Waals surface area contributed by atoms with Crippen LogP contribution in [0.25, 0.3) is 0 Å². The number of carboxylic acid groups (broad SMARTS) is 1. The molecule has 0 amide bonds. The Balaban J connectivity index is 3.61. The topological polar surface area (TPSA) is 58.6 Å². The number of rotatable bonds is 6. The lowest BCUT2D eigenvalue weighted by molar-refractivity contribution is -0.321. The van der Waals surface area contributed by atoms with E-state index < -0.39 is 18.4 Å². The maximum atomic E-state index is 10.3. The van der Waals surface area contributed by atoms with Crippen LogP contribution in [0.1, 0.15) is 27.7 Å². The lowest BCUT2D eigenvalue weighted by Crippen LogP contribution is -2.38. The third kappa shape index (κ3) is 6.54. The van der Waals surface area contributed by atoms with Crippen molar-refractivity contribution in [3.05, 3.63) is 0 Å². The van der Waals surface area contributed by atoms with Crippen LogP contribution >= 0.6 is 0 Å². The second-order valence-corrected chi connectivity index (χ2v) is 3.39. The van der Waals surface area contributed by atoms with Gasteiger partial charge in [-0.05, 0) is 19.8 Å². The van der Waals surface area contributed by atoms with Gasteiger partial charge in [-0.15, -0.1) is 0 Å². The quantitative estimate of drug-likeness (QED) is 0.558. The van der Waals surface area contributed by atoms with Gasteiger partial charge in [-0.1, -0.05) is 13.8 Å². The molecule has 0 saturated carbocycles. The summed E-state index contributed by atoms with van der Waals surface area (Å²) in [4.78, 5) is 10.3. The van der Waals surface area contributed by atoms with Crippen LogP contribution in [0.15, 0.2) is 0 Å². The van der Waals surface area contributed by atoms with E-state index in [4.69, 9.17) is 9.47 Å². The average Bonchev–Trinajstić information content (AvgIpc) is 2.00. The van der Waals surface area contributed by atoms with Crippen LogP contribution in [0.3, 0.4) is 0 Å². The standard InChI is InChI=1S/C9H18O4/c1-6(2)5-12-8(4)13-7(3)9(10)11/h6-8H,5H2,1-4H3,(H,10,11)/p-1. The zero-order valence-corrected chi connectivity index (χ0v) is 8.57. The van der Waals surface area contributed by atoms with Gasteiger partial charge in [0.1, 0.15) is 0 Å². The molecule has 0 aromatic rings. The molecule has 0 N–H and O–H groups in total. The van der Waals surface area contributed by atoms with Crippen molar-refractivity contribution in [3.63, 3.8) is 0 Å². The van der Waals surface area contributed by atoms with Crippen LogP contribution in [0.2, 0.25) is 0 Å². The molecule has 0 radical (unpaired) electrons. The molecular weight excluding hydrogens is 172 g/mol. The van der Waals surface area contributed by atoms with Crippen molar-refractivity contribution in [3.8, 4) is 0 Å². The summed E-state index contributed by atoms with van der Waals surface area (Å²) in [6.07, 6.45) is -1.43. The van der Waals surface area contributed by atoms with E-state index in [0.717, 1.165) is 0 Å². The fourth-order valence-corrected chi connectivity index (χ4v) is 0.710. The summed E-state index contributed by atoms with van der Waals surface area (Å²) >= 11 is 0. The molecule has 0 spiro atoms.